The van der Waals surface area contributed by atoms with Gasteiger partial charge in [0.25, 0.3) is 0 Å². The Labute approximate surface area is 400 Å². The molecule has 68 heavy (non-hydrogen) atoms. The molecule has 2 aliphatic carbocycles. The lowest BCUT2D eigenvalue weighted by Crippen LogP contribution is -2.03. The molecule has 23 heteroatoms. The molecule has 12 rings (SSSR count). The second-order valence-corrected chi connectivity index (χ2v) is 17.2. The first-order chi connectivity index (χ1) is 32.5. The molecule has 3 N–H and O–H groups in total. The lowest BCUT2D eigenvalue weighted by atomic mass is 10.1. The van der Waals surface area contributed by atoms with Crippen LogP contribution in [0.4, 0.5) is 8.78 Å². The molecule has 0 aromatic carbocycles. The largest absolute Gasteiger partial charge is 0.476 e. The number of halogens is 5. The first-order valence-electron chi connectivity index (χ1n) is 21.3. The number of rotatable bonds is 12. The zero-order chi connectivity index (χ0) is 46.3. The fourth-order valence-corrected chi connectivity index (χ4v) is 8.06. The van der Waals surface area contributed by atoms with Crippen LogP contribution in [0, 0.1) is 11.6 Å². The van der Waals surface area contributed by atoms with Crippen LogP contribution in [0.15, 0.2) is 98.6 Å². The van der Waals surface area contributed by atoms with E-state index in [1.807, 2.05) is 33.5 Å². The monoisotopic (exact) mass is 981 g/mol. The number of hydrogen-bond acceptors (Lipinski definition) is 11. The number of Topliss-reactive ketones (excluding diaryl/α,β-unsaturated/α-hetero) is 1. The zero-order valence-corrected chi connectivity index (χ0v) is 38.1. The molecule has 10 aromatic rings. The molecule has 0 amide bonds. The van der Waals surface area contributed by atoms with Gasteiger partial charge in [0.15, 0.2) is 23.1 Å². The molecule has 2 saturated carbocycles. The number of carboxylic acid groups (broad SMARTS) is 1. The van der Waals surface area contributed by atoms with Crippen molar-refractivity contribution in [3.8, 4) is 0 Å². The minimum absolute atomic E-state index is 0. The van der Waals surface area contributed by atoms with Crippen molar-refractivity contribution < 1.29 is 23.5 Å². The molecule has 0 atom stereocenters. The van der Waals surface area contributed by atoms with E-state index < -0.39 is 17.6 Å². The summed E-state index contributed by atoms with van der Waals surface area (Å²) in [7, 11) is 0. The number of carbonyl (C=O) groups excluding carboxylic acids is 1. The van der Waals surface area contributed by atoms with E-state index in [0.717, 1.165) is 22.7 Å². The number of aromatic nitrogens is 14. The molecule has 0 spiro atoms. The van der Waals surface area contributed by atoms with E-state index in [1.54, 1.807) is 32.1 Å². The maximum Gasteiger partial charge on any atom is 0.358 e. The van der Waals surface area contributed by atoms with Crippen LogP contribution in [-0.2, 0) is 26.1 Å². The molecule has 2 aliphatic rings. The number of hydrogen-bond donors (Lipinski definition) is 2. The first-order valence-corrected chi connectivity index (χ1v) is 22.0. The maximum absolute atomic E-state index is 14.4. The Morgan fingerprint density at radius 2 is 1.24 bits per heavy atom. The van der Waals surface area contributed by atoms with Gasteiger partial charge in [0.2, 0.25) is 0 Å². The quantitative estimate of drug-likeness (QED) is 0.113. The molecular weight excluding hydrogens is 943 g/mol. The first kappa shape index (κ1) is 46.0. The van der Waals surface area contributed by atoms with Crippen molar-refractivity contribution in [3.05, 3.63) is 166 Å². The highest BCUT2D eigenvalue weighted by Gasteiger charge is 2.25. The highest BCUT2D eigenvalue weighted by molar-refractivity contribution is 6.31. The second-order valence-electron chi connectivity index (χ2n) is 16.4. The topological polar surface area (TPSA) is 211 Å². The lowest BCUT2D eigenvalue weighted by Gasteiger charge is -2.01. The van der Waals surface area contributed by atoms with E-state index in [2.05, 4.69) is 65.0 Å². The van der Waals surface area contributed by atoms with Crippen LogP contribution in [0.2, 0.25) is 10.0 Å². The van der Waals surface area contributed by atoms with E-state index in [9.17, 15) is 18.4 Å². The molecule has 10 heterocycles. The summed E-state index contributed by atoms with van der Waals surface area (Å²) in [4.78, 5) is 40.8. The molecule has 348 valence electrons. The van der Waals surface area contributed by atoms with E-state index in [-0.39, 0.29) is 64.5 Å². The average molecular weight is 983 g/mol. The Kier molecular flexibility index (Phi) is 13.0. The molecule has 10 aromatic heterocycles. The van der Waals surface area contributed by atoms with Crippen LogP contribution >= 0.6 is 35.6 Å². The molecule has 0 bridgehead atoms. The summed E-state index contributed by atoms with van der Waals surface area (Å²) < 4.78 is 38.0. The van der Waals surface area contributed by atoms with Crippen LogP contribution in [0.25, 0.3) is 22.3 Å². The van der Waals surface area contributed by atoms with E-state index in [1.165, 1.54) is 72.5 Å². The highest BCUT2D eigenvalue weighted by atomic mass is 35.5. The number of aryl methyl sites for hydroxylation is 1. The smallest absolute Gasteiger partial charge is 0.358 e. The van der Waals surface area contributed by atoms with Crippen LogP contribution < -0.4 is 5.73 Å². The highest BCUT2D eigenvalue weighted by Crippen LogP contribution is 2.41. The van der Waals surface area contributed by atoms with Crippen molar-refractivity contribution in [3.63, 3.8) is 0 Å². The predicted octanol–water partition coefficient (Wildman–Crippen LogP) is 7.66. The number of aromatic carboxylic acids is 1. The fourth-order valence-electron chi connectivity index (χ4n) is 7.76. The maximum atomic E-state index is 14.4. The minimum atomic E-state index is -1.08. The molecule has 0 saturated heterocycles. The second kappa shape index (κ2) is 19.2. The summed E-state index contributed by atoms with van der Waals surface area (Å²) in [6.45, 7) is 1.02. The fraction of sp³-hybridized carbons (Fsp3) is 0.244. The van der Waals surface area contributed by atoms with Crippen molar-refractivity contribution in [2.75, 3.05) is 0 Å². The lowest BCUT2D eigenvalue weighted by molar-refractivity contribution is 0.0690. The number of ketones is 1. The van der Waals surface area contributed by atoms with Crippen molar-refractivity contribution in [1.82, 2.24) is 67.5 Å². The van der Waals surface area contributed by atoms with Crippen LogP contribution in [0.5, 0.6) is 0 Å². The number of fused-ring (bicyclic) bond motifs is 4. The summed E-state index contributed by atoms with van der Waals surface area (Å²) in [6, 6.07) is 11.4. The van der Waals surface area contributed by atoms with Crippen LogP contribution in [-0.4, -0.2) is 84.4 Å². The number of pyridine rings is 4. The summed E-state index contributed by atoms with van der Waals surface area (Å²) in [5.41, 5.74) is 13.4. The Morgan fingerprint density at radius 3 is 1.85 bits per heavy atom. The Morgan fingerprint density at radius 1 is 0.676 bits per heavy atom. The van der Waals surface area contributed by atoms with Crippen LogP contribution in [0.3, 0.4) is 0 Å². The standard InChI is InChI=1S/C23H19ClFN7O.C14H13N5O2.C8H7ClFN3.ClH/c24-17-6-8-31-13-26-18(23(31)22(17)25)3-4-20(33)19-12-32(29-28-19)11-16-10-30-7-5-15(14-1-2-14)9-21(30)27-16;20-14(21)12-8-19(17-16-12)7-11-6-18-5-10(9-1-2-9)3-4-13(18)15-11;9-5-1-2-13-4-12-6(3-11)8(13)7(5)10;/h5-10,12-14H,1-4,11H2;3-6,8-9H,1-2,7H2,(H,20,21);1-2,4H,3,11H2;1H. The molecule has 18 nitrogen and oxygen atoms in total. The van der Waals surface area contributed by atoms with Gasteiger partial charge in [-0.05, 0) is 85.4 Å². The van der Waals surface area contributed by atoms with Crippen molar-refractivity contribution >= 4 is 69.7 Å². The number of imidazole rings is 4. The van der Waals surface area contributed by atoms with Gasteiger partial charge in [0, 0.05) is 50.1 Å². The van der Waals surface area contributed by atoms with E-state index >= 15 is 0 Å². The minimum Gasteiger partial charge on any atom is -0.476 e. The summed E-state index contributed by atoms with van der Waals surface area (Å²) in [5, 5.41) is 24.4. The van der Waals surface area contributed by atoms with Gasteiger partial charge in [-0.3, -0.25) is 4.79 Å². The number of carboxylic acids is 1. The molecule has 2 fully saturated rings. The third-order valence-electron chi connectivity index (χ3n) is 11.5. The number of nitrogens with zero attached hydrogens (tertiary/aromatic N) is 14. The Hall–Kier alpha value is -7.13. The number of carbonyl (C=O) groups is 2. The van der Waals surface area contributed by atoms with Gasteiger partial charge in [-0.25, -0.2) is 42.9 Å². The van der Waals surface area contributed by atoms with Gasteiger partial charge in [-0.15, -0.1) is 22.6 Å². The van der Waals surface area contributed by atoms with Gasteiger partial charge < -0.3 is 28.4 Å². The predicted molar refractivity (Wildman–Crippen MR) is 248 cm³/mol. The van der Waals surface area contributed by atoms with Gasteiger partial charge in [0.1, 0.15) is 28.0 Å². The van der Waals surface area contributed by atoms with Gasteiger partial charge in [-0.1, -0.05) is 39.7 Å². The Bertz CT molecular complexity index is 3480. The Balaban J connectivity index is 0.000000141. The summed E-state index contributed by atoms with van der Waals surface area (Å²) in [5.74, 6) is -0.899. The normalized spacial score (nSPS) is 13.4. The van der Waals surface area contributed by atoms with Crippen molar-refractivity contribution in [1.29, 1.82) is 0 Å². The molecule has 0 radical (unpaired) electrons. The van der Waals surface area contributed by atoms with Gasteiger partial charge >= 0.3 is 5.97 Å². The average Bonchev–Trinajstić information content (AvgIpc) is 3.90. The van der Waals surface area contributed by atoms with E-state index in [0.29, 0.717) is 41.8 Å². The van der Waals surface area contributed by atoms with E-state index in [4.69, 9.17) is 34.0 Å². The number of nitrogens with two attached hydrogens (primary N) is 1. The summed E-state index contributed by atoms with van der Waals surface area (Å²) >= 11 is 11.5. The van der Waals surface area contributed by atoms with Gasteiger partial charge in [-0.2, -0.15) is 0 Å². The molecule has 0 unspecified atom stereocenters. The van der Waals surface area contributed by atoms with Crippen molar-refractivity contribution in [2.24, 2.45) is 5.73 Å². The molecule has 0 aliphatic heterocycles. The SMILES string of the molecule is Cl.NCc1ncn2ccc(Cl)c(F)c12.O=C(CCc1ncn2ccc(Cl)c(F)c12)c1cn(Cc2cn3ccc(C4CC4)cc3n2)nn1.O=C(O)c1cn(Cc2cn3cc(C4CC4)ccc3n2)nn1. The summed E-state index contributed by atoms with van der Waals surface area (Å²) in [6.07, 6.45) is 22.8. The van der Waals surface area contributed by atoms with Crippen LogP contribution in [0.1, 0.15) is 98.8 Å². The zero-order valence-electron chi connectivity index (χ0n) is 35.8. The molecular formula is C45H40Cl3F2N15O3. The van der Waals surface area contributed by atoms with Gasteiger partial charge in [0.05, 0.1) is 71.0 Å². The third-order valence-corrected chi connectivity index (χ3v) is 12.1. The third kappa shape index (κ3) is 9.80. The van der Waals surface area contributed by atoms with Crippen molar-refractivity contribution in [2.45, 2.75) is 70.0 Å².